The molecule has 33 heavy (non-hydrogen) atoms. The highest BCUT2D eigenvalue weighted by molar-refractivity contribution is 6.52. The molecular formula is C26H22N2O5. The lowest BCUT2D eigenvalue weighted by Gasteiger charge is -2.27. The van der Waals surface area contributed by atoms with E-state index in [1.807, 2.05) is 36.4 Å². The Kier molecular flexibility index (Phi) is 6.31. The number of amides is 2. The van der Waals surface area contributed by atoms with Crippen LogP contribution in [0.3, 0.4) is 0 Å². The van der Waals surface area contributed by atoms with Gasteiger partial charge in [-0.3, -0.25) is 29.0 Å². The molecule has 0 aliphatic carbocycles. The van der Waals surface area contributed by atoms with Gasteiger partial charge in [-0.1, -0.05) is 55.5 Å². The van der Waals surface area contributed by atoms with Crippen molar-refractivity contribution < 1.29 is 23.9 Å². The van der Waals surface area contributed by atoms with Crippen molar-refractivity contribution in [2.24, 2.45) is 0 Å². The molecule has 4 rings (SSSR count). The van der Waals surface area contributed by atoms with E-state index in [1.165, 1.54) is 11.0 Å². The Labute approximate surface area is 191 Å². The third-order valence-electron chi connectivity index (χ3n) is 5.34. The first kappa shape index (κ1) is 22.0. The van der Waals surface area contributed by atoms with Gasteiger partial charge < -0.3 is 4.74 Å². The van der Waals surface area contributed by atoms with Crippen molar-refractivity contribution in [1.29, 1.82) is 0 Å². The Morgan fingerprint density at radius 2 is 1.39 bits per heavy atom. The highest BCUT2D eigenvalue weighted by Crippen LogP contribution is 2.29. The van der Waals surface area contributed by atoms with E-state index < -0.39 is 36.2 Å². The van der Waals surface area contributed by atoms with Crippen molar-refractivity contribution in [3.63, 3.8) is 0 Å². The molecule has 1 heterocycles. The first-order valence-corrected chi connectivity index (χ1v) is 10.6. The van der Waals surface area contributed by atoms with Crippen LogP contribution in [0.2, 0.25) is 0 Å². The van der Waals surface area contributed by atoms with E-state index in [4.69, 9.17) is 4.74 Å². The molecule has 166 valence electrons. The summed E-state index contributed by atoms with van der Waals surface area (Å²) in [5.41, 5.74) is 1.88. The molecule has 1 atom stereocenters. The predicted octanol–water partition coefficient (Wildman–Crippen LogP) is 3.90. The van der Waals surface area contributed by atoms with E-state index in [1.54, 1.807) is 49.4 Å². The number of nitrogens with zero attached hydrogens (tertiary/aromatic N) is 2. The summed E-state index contributed by atoms with van der Waals surface area (Å²) in [5, 5.41) is 0. The van der Waals surface area contributed by atoms with Gasteiger partial charge in [0.2, 0.25) is 0 Å². The van der Waals surface area contributed by atoms with Crippen LogP contribution in [0.4, 0.5) is 17.1 Å². The Morgan fingerprint density at radius 3 is 1.97 bits per heavy atom. The summed E-state index contributed by atoms with van der Waals surface area (Å²) in [6.07, 6.45) is -0.828. The lowest BCUT2D eigenvalue weighted by atomic mass is 10.1. The molecular weight excluding hydrogens is 420 g/mol. The fraction of sp³-hybridized carbons (Fsp3) is 0.154. The molecule has 7 heteroatoms. The average Bonchev–Trinajstić information content (AvgIpc) is 3.09. The number of Topliss-reactive ketones (excluding diaryl/α,β-unsaturated/α-hetero) is 1. The minimum atomic E-state index is -1.07. The molecule has 0 aromatic heterocycles. The number of anilines is 3. The number of esters is 1. The molecule has 2 amide bonds. The Hall–Kier alpha value is -4.26. The third-order valence-corrected chi connectivity index (χ3v) is 5.34. The first-order chi connectivity index (χ1) is 16.0. The molecule has 0 bridgehead atoms. The SMILES string of the molecule is CCC(OC(=O)CN1C(=O)C(=O)c2ccccc21)C(=O)N(c1ccccc1)c1ccccc1. The van der Waals surface area contributed by atoms with Gasteiger partial charge in [-0.2, -0.15) is 0 Å². The molecule has 0 fully saturated rings. The Bertz CT molecular complexity index is 1150. The molecule has 0 saturated heterocycles. The second-order valence-corrected chi connectivity index (χ2v) is 7.47. The van der Waals surface area contributed by atoms with Crippen LogP contribution in [-0.4, -0.2) is 36.2 Å². The maximum Gasteiger partial charge on any atom is 0.326 e. The number of fused-ring (bicyclic) bond motifs is 1. The Morgan fingerprint density at radius 1 is 0.848 bits per heavy atom. The van der Waals surface area contributed by atoms with Gasteiger partial charge in [0.15, 0.2) is 6.10 Å². The molecule has 3 aromatic rings. The number of rotatable bonds is 7. The van der Waals surface area contributed by atoms with Gasteiger partial charge in [-0.05, 0) is 42.8 Å². The quantitative estimate of drug-likeness (QED) is 0.409. The fourth-order valence-electron chi connectivity index (χ4n) is 3.74. The smallest absolute Gasteiger partial charge is 0.326 e. The summed E-state index contributed by atoms with van der Waals surface area (Å²) in [6.45, 7) is 1.28. The van der Waals surface area contributed by atoms with Crippen LogP contribution in [0.5, 0.6) is 0 Å². The number of ketones is 1. The summed E-state index contributed by atoms with van der Waals surface area (Å²) in [4.78, 5) is 53.3. The molecule has 0 radical (unpaired) electrons. The molecule has 1 aliphatic heterocycles. The second-order valence-electron chi connectivity index (χ2n) is 7.47. The van der Waals surface area contributed by atoms with Crippen LogP contribution >= 0.6 is 0 Å². The van der Waals surface area contributed by atoms with Gasteiger partial charge in [0.05, 0.1) is 11.3 Å². The van der Waals surface area contributed by atoms with Crippen LogP contribution in [-0.2, 0) is 19.1 Å². The van der Waals surface area contributed by atoms with Crippen LogP contribution in [0, 0.1) is 0 Å². The van der Waals surface area contributed by atoms with E-state index >= 15 is 0 Å². The summed E-state index contributed by atoms with van der Waals surface area (Å²) in [5.74, 6) is -2.63. The van der Waals surface area contributed by atoms with Crippen LogP contribution in [0.25, 0.3) is 0 Å². The molecule has 0 N–H and O–H groups in total. The maximum absolute atomic E-state index is 13.5. The van der Waals surface area contributed by atoms with Crippen molar-refractivity contribution >= 4 is 40.6 Å². The zero-order valence-corrected chi connectivity index (χ0v) is 18.0. The molecule has 7 nitrogen and oxygen atoms in total. The largest absolute Gasteiger partial charge is 0.451 e. The topological polar surface area (TPSA) is 84.0 Å². The first-order valence-electron chi connectivity index (χ1n) is 10.6. The third kappa shape index (κ3) is 4.39. The zero-order valence-electron chi connectivity index (χ0n) is 18.0. The minimum Gasteiger partial charge on any atom is -0.451 e. The lowest BCUT2D eigenvalue weighted by Crippen LogP contribution is -2.42. The van der Waals surface area contributed by atoms with Crippen LogP contribution in [0.1, 0.15) is 23.7 Å². The van der Waals surface area contributed by atoms with E-state index in [0.29, 0.717) is 17.1 Å². The van der Waals surface area contributed by atoms with Crippen molar-refractivity contribution in [3.8, 4) is 0 Å². The van der Waals surface area contributed by atoms with Crippen LogP contribution in [0.15, 0.2) is 84.9 Å². The molecule has 1 unspecified atom stereocenters. The highest BCUT2D eigenvalue weighted by atomic mass is 16.5. The van der Waals surface area contributed by atoms with Gasteiger partial charge >= 0.3 is 5.97 Å². The number of hydrogen-bond donors (Lipinski definition) is 0. The number of carbonyl (C=O) groups excluding carboxylic acids is 4. The highest BCUT2D eigenvalue weighted by Gasteiger charge is 2.37. The molecule has 0 saturated carbocycles. The number of ether oxygens (including phenoxy) is 1. The molecule has 3 aromatic carbocycles. The summed E-state index contributed by atoms with van der Waals surface area (Å²) in [7, 11) is 0. The van der Waals surface area contributed by atoms with Crippen molar-refractivity contribution in [2.45, 2.75) is 19.4 Å². The predicted molar refractivity (Wildman–Crippen MR) is 123 cm³/mol. The van der Waals surface area contributed by atoms with Gasteiger partial charge in [0, 0.05) is 11.4 Å². The fourth-order valence-corrected chi connectivity index (χ4v) is 3.74. The van der Waals surface area contributed by atoms with Gasteiger partial charge in [-0.25, -0.2) is 0 Å². The number of para-hydroxylation sites is 3. The Balaban J connectivity index is 1.54. The van der Waals surface area contributed by atoms with E-state index in [2.05, 4.69) is 0 Å². The number of hydrogen-bond acceptors (Lipinski definition) is 5. The van der Waals surface area contributed by atoms with Crippen molar-refractivity contribution in [2.75, 3.05) is 16.3 Å². The van der Waals surface area contributed by atoms with Crippen LogP contribution < -0.4 is 9.80 Å². The normalized spacial score (nSPS) is 13.4. The number of benzene rings is 3. The van der Waals surface area contributed by atoms with E-state index in [0.717, 1.165) is 4.90 Å². The summed E-state index contributed by atoms with van der Waals surface area (Å²) in [6, 6.07) is 24.6. The molecule has 0 spiro atoms. The monoisotopic (exact) mass is 442 g/mol. The second kappa shape index (κ2) is 9.48. The number of carbonyl (C=O) groups is 4. The van der Waals surface area contributed by atoms with E-state index in [-0.39, 0.29) is 12.0 Å². The summed E-state index contributed by atoms with van der Waals surface area (Å²) >= 11 is 0. The minimum absolute atomic E-state index is 0.240. The van der Waals surface area contributed by atoms with Crippen molar-refractivity contribution in [3.05, 3.63) is 90.5 Å². The maximum atomic E-state index is 13.5. The van der Waals surface area contributed by atoms with Gasteiger partial charge in [-0.15, -0.1) is 0 Å². The van der Waals surface area contributed by atoms with Crippen molar-refractivity contribution in [1.82, 2.24) is 0 Å². The summed E-state index contributed by atoms with van der Waals surface area (Å²) < 4.78 is 5.51. The van der Waals surface area contributed by atoms with Gasteiger partial charge in [0.1, 0.15) is 6.54 Å². The zero-order chi connectivity index (χ0) is 23.4. The molecule has 1 aliphatic rings. The standard InChI is InChI=1S/C26H22N2O5/c1-2-22(25(31)28(18-11-5-3-6-12-18)19-13-7-4-8-14-19)33-23(29)17-27-21-16-10-9-15-20(21)24(30)26(27)32/h3-16,22H,2,17H2,1H3. The van der Waals surface area contributed by atoms with Gasteiger partial charge in [0.25, 0.3) is 17.6 Å². The average molecular weight is 442 g/mol. The van der Waals surface area contributed by atoms with E-state index in [9.17, 15) is 19.2 Å². The lowest BCUT2D eigenvalue weighted by molar-refractivity contribution is -0.153.